The summed E-state index contributed by atoms with van der Waals surface area (Å²) in [5.74, 6) is 0.255. The molecular formula is C16H19BrFN3O. The van der Waals surface area contributed by atoms with Crippen molar-refractivity contribution in [3.63, 3.8) is 0 Å². The summed E-state index contributed by atoms with van der Waals surface area (Å²) >= 11 is 3.22. The van der Waals surface area contributed by atoms with Gasteiger partial charge in [-0.2, -0.15) is 5.10 Å². The van der Waals surface area contributed by atoms with E-state index in [2.05, 4.69) is 33.3 Å². The van der Waals surface area contributed by atoms with Gasteiger partial charge in [-0.15, -0.1) is 0 Å². The van der Waals surface area contributed by atoms with Crippen LogP contribution in [0, 0.1) is 5.82 Å². The molecular weight excluding hydrogens is 349 g/mol. The number of hydrogen-bond donors (Lipinski definition) is 1. The number of aromatic nitrogens is 2. The lowest BCUT2D eigenvalue weighted by Gasteiger charge is -2.09. The fourth-order valence-electron chi connectivity index (χ4n) is 2.10. The van der Waals surface area contributed by atoms with E-state index in [1.165, 1.54) is 6.07 Å². The third kappa shape index (κ3) is 4.66. The van der Waals surface area contributed by atoms with E-state index < -0.39 is 0 Å². The maximum absolute atomic E-state index is 13.7. The zero-order valence-electron chi connectivity index (χ0n) is 12.5. The average Bonchev–Trinajstić information content (AvgIpc) is 2.91. The fourth-order valence-corrected chi connectivity index (χ4v) is 2.44. The largest absolute Gasteiger partial charge is 0.311 e. The Hall–Kier alpha value is -1.69. The highest BCUT2D eigenvalue weighted by atomic mass is 79.9. The topological polar surface area (TPSA) is 46.9 Å². The van der Waals surface area contributed by atoms with Gasteiger partial charge < -0.3 is 5.32 Å². The van der Waals surface area contributed by atoms with Crippen LogP contribution in [0.3, 0.4) is 0 Å². The van der Waals surface area contributed by atoms with Crippen LogP contribution >= 0.6 is 15.9 Å². The molecule has 0 atom stereocenters. The van der Waals surface area contributed by atoms with Gasteiger partial charge in [0.1, 0.15) is 11.6 Å². The second-order valence-electron chi connectivity index (χ2n) is 5.08. The van der Waals surface area contributed by atoms with Crippen LogP contribution in [-0.4, -0.2) is 15.7 Å². The third-order valence-electron chi connectivity index (χ3n) is 3.34. The van der Waals surface area contributed by atoms with Gasteiger partial charge in [0.25, 0.3) is 0 Å². The zero-order valence-corrected chi connectivity index (χ0v) is 14.1. The Bertz CT molecular complexity index is 642. The number of amides is 1. The van der Waals surface area contributed by atoms with Crippen molar-refractivity contribution in [2.45, 2.75) is 39.2 Å². The van der Waals surface area contributed by atoms with Gasteiger partial charge in [0.2, 0.25) is 5.91 Å². The van der Waals surface area contributed by atoms with Gasteiger partial charge in [-0.05, 0) is 30.5 Å². The molecule has 0 unspecified atom stereocenters. The molecule has 2 rings (SSSR count). The summed E-state index contributed by atoms with van der Waals surface area (Å²) in [6.45, 7) is 2.88. The minimum atomic E-state index is -0.296. The summed E-state index contributed by atoms with van der Waals surface area (Å²) in [6, 6.07) is 6.65. The van der Waals surface area contributed by atoms with Crippen molar-refractivity contribution in [2.24, 2.45) is 0 Å². The number of nitrogens with one attached hydrogen (secondary N) is 1. The predicted molar refractivity (Wildman–Crippen MR) is 88.2 cm³/mol. The van der Waals surface area contributed by atoms with Crippen molar-refractivity contribution >= 4 is 27.7 Å². The van der Waals surface area contributed by atoms with E-state index >= 15 is 0 Å². The van der Waals surface area contributed by atoms with Gasteiger partial charge >= 0.3 is 0 Å². The molecule has 0 fully saturated rings. The summed E-state index contributed by atoms with van der Waals surface area (Å²) < 4.78 is 16.2. The monoisotopic (exact) mass is 367 g/mol. The molecule has 0 aliphatic heterocycles. The highest BCUT2D eigenvalue weighted by Crippen LogP contribution is 2.17. The smallest absolute Gasteiger partial charge is 0.225 e. The van der Waals surface area contributed by atoms with Crippen molar-refractivity contribution in [2.75, 3.05) is 5.32 Å². The Morgan fingerprint density at radius 2 is 2.23 bits per heavy atom. The molecule has 6 heteroatoms. The molecule has 1 aromatic heterocycles. The molecule has 1 amide bonds. The maximum atomic E-state index is 13.7. The molecule has 2 aromatic rings. The number of halogens is 2. The first-order valence-electron chi connectivity index (χ1n) is 7.35. The molecule has 22 heavy (non-hydrogen) atoms. The van der Waals surface area contributed by atoms with Crippen molar-refractivity contribution in [1.82, 2.24) is 9.78 Å². The van der Waals surface area contributed by atoms with Crippen LogP contribution in [0.5, 0.6) is 0 Å². The molecule has 0 aliphatic rings. The first-order valence-corrected chi connectivity index (χ1v) is 8.15. The van der Waals surface area contributed by atoms with Gasteiger partial charge in [-0.25, -0.2) is 9.07 Å². The normalized spacial score (nSPS) is 10.7. The average molecular weight is 368 g/mol. The molecule has 0 saturated carbocycles. The van der Waals surface area contributed by atoms with Crippen molar-refractivity contribution < 1.29 is 9.18 Å². The van der Waals surface area contributed by atoms with E-state index in [0.29, 0.717) is 22.3 Å². The SMILES string of the molecule is CCCCn1nccc1NC(=O)CCc1ccc(Br)cc1F. The Morgan fingerprint density at radius 1 is 1.41 bits per heavy atom. The van der Waals surface area contributed by atoms with E-state index in [1.54, 1.807) is 29.1 Å². The number of anilines is 1. The van der Waals surface area contributed by atoms with Crippen LogP contribution in [0.15, 0.2) is 34.9 Å². The number of carbonyl (C=O) groups excluding carboxylic acids is 1. The van der Waals surface area contributed by atoms with Gasteiger partial charge in [-0.1, -0.05) is 35.3 Å². The molecule has 0 saturated heterocycles. The predicted octanol–water partition coefficient (Wildman–Crippen LogP) is 4.16. The van der Waals surface area contributed by atoms with E-state index in [0.717, 1.165) is 19.4 Å². The lowest BCUT2D eigenvalue weighted by atomic mass is 10.1. The number of unbranched alkanes of at least 4 members (excludes halogenated alkanes) is 1. The second kappa shape index (κ2) is 8.08. The van der Waals surface area contributed by atoms with Gasteiger partial charge in [0.15, 0.2) is 0 Å². The molecule has 0 radical (unpaired) electrons. The van der Waals surface area contributed by atoms with E-state index in [-0.39, 0.29) is 18.1 Å². The number of nitrogens with zero attached hydrogens (tertiary/aromatic N) is 2. The molecule has 1 N–H and O–H groups in total. The molecule has 1 heterocycles. The second-order valence-corrected chi connectivity index (χ2v) is 5.99. The molecule has 1 aromatic carbocycles. The highest BCUT2D eigenvalue weighted by molar-refractivity contribution is 9.10. The first kappa shape index (κ1) is 16.7. The van der Waals surface area contributed by atoms with Crippen LogP contribution in [0.1, 0.15) is 31.7 Å². The Kier molecular flexibility index (Phi) is 6.12. The quantitative estimate of drug-likeness (QED) is 0.798. The molecule has 4 nitrogen and oxygen atoms in total. The lowest BCUT2D eigenvalue weighted by molar-refractivity contribution is -0.116. The van der Waals surface area contributed by atoms with Crippen LogP contribution < -0.4 is 5.32 Å². The highest BCUT2D eigenvalue weighted by Gasteiger charge is 2.09. The number of benzene rings is 1. The third-order valence-corrected chi connectivity index (χ3v) is 3.84. The number of aryl methyl sites for hydroxylation is 2. The van der Waals surface area contributed by atoms with E-state index in [9.17, 15) is 9.18 Å². The summed E-state index contributed by atoms with van der Waals surface area (Å²) in [5.41, 5.74) is 0.540. The Morgan fingerprint density at radius 3 is 2.95 bits per heavy atom. The Labute approximate surface area is 137 Å². The number of hydrogen-bond acceptors (Lipinski definition) is 2. The zero-order chi connectivity index (χ0) is 15.9. The lowest BCUT2D eigenvalue weighted by Crippen LogP contribution is -2.16. The molecule has 0 spiro atoms. The first-order chi connectivity index (χ1) is 10.6. The van der Waals surface area contributed by atoms with Crippen molar-refractivity contribution in [3.8, 4) is 0 Å². The maximum Gasteiger partial charge on any atom is 0.225 e. The minimum Gasteiger partial charge on any atom is -0.311 e. The summed E-state index contributed by atoms with van der Waals surface area (Å²) in [7, 11) is 0. The van der Waals surface area contributed by atoms with Gasteiger partial charge in [-0.3, -0.25) is 4.79 Å². The fraction of sp³-hybridized carbons (Fsp3) is 0.375. The molecule has 0 aliphatic carbocycles. The van der Waals surface area contributed by atoms with Gasteiger partial charge in [0, 0.05) is 23.5 Å². The van der Waals surface area contributed by atoms with E-state index in [1.807, 2.05) is 0 Å². The minimum absolute atomic E-state index is 0.138. The van der Waals surface area contributed by atoms with Crippen LogP contribution in [0.2, 0.25) is 0 Å². The Balaban J connectivity index is 1.89. The van der Waals surface area contributed by atoms with Crippen LogP contribution in [0.25, 0.3) is 0 Å². The number of rotatable bonds is 7. The van der Waals surface area contributed by atoms with Crippen molar-refractivity contribution in [3.05, 3.63) is 46.3 Å². The summed E-state index contributed by atoms with van der Waals surface area (Å²) in [5, 5.41) is 7.02. The van der Waals surface area contributed by atoms with Crippen molar-refractivity contribution in [1.29, 1.82) is 0 Å². The van der Waals surface area contributed by atoms with Crippen LogP contribution in [0.4, 0.5) is 10.2 Å². The standard InChI is InChI=1S/C16H19BrFN3O/c1-2-3-10-21-15(8-9-19-21)20-16(22)7-5-12-4-6-13(17)11-14(12)18/h4,6,8-9,11H,2-3,5,7,10H2,1H3,(H,20,22). The summed E-state index contributed by atoms with van der Waals surface area (Å²) in [4.78, 5) is 12.0. The summed E-state index contributed by atoms with van der Waals surface area (Å²) in [6.07, 6.45) is 4.34. The number of carbonyl (C=O) groups is 1. The van der Waals surface area contributed by atoms with E-state index in [4.69, 9.17) is 0 Å². The molecule has 118 valence electrons. The molecule has 0 bridgehead atoms. The van der Waals surface area contributed by atoms with Crippen LogP contribution in [-0.2, 0) is 17.8 Å². The van der Waals surface area contributed by atoms with Gasteiger partial charge in [0.05, 0.1) is 6.20 Å².